The lowest BCUT2D eigenvalue weighted by Crippen LogP contribution is -2.24. The lowest BCUT2D eigenvalue weighted by molar-refractivity contribution is -0.138. The van der Waals surface area contributed by atoms with Crippen LogP contribution < -0.4 is 0 Å². The van der Waals surface area contributed by atoms with Crippen molar-refractivity contribution in [2.45, 2.75) is 43.0 Å². The highest BCUT2D eigenvalue weighted by molar-refractivity contribution is 7.98. The first-order valence-electron chi connectivity index (χ1n) is 10.3. The van der Waals surface area contributed by atoms with E-state index in [1.165, 1.54) is 23.5 Å². The Morgan fingerprint density at radius 2 is 1.94 bits per heavy atom. The number of hydrogen-bond acceptors (Lipinski definition) is 5. The molecule has 3 aromatic rings. The molecule has 1 aliphatic carbocycles. The maximum atomic E-state index is 12.8. The highest BCUT2D eigenvalue weighted by atomic mass is 32.2. The van der Waals surface area contributed by atoms with Gasteiger partial charge in [0.25, 0.3) is 0 Å². The van der Waals surface area contributed by atoms with Gasteiger partial charge in [0.15, 0.2) is 5.78 Å². The van der Waals surface area contributed by atoms with Crippen LogP contribution in [0.15, 0.2) is 47.4 Å². The number of Topliss-reactive ketones (excluding diaryl/α,β-unsaturated/α-hetero) is 1. The van der Waals surface area contributed by atoms with Crippen molar-refractivity contribution < 1.29 is 27.9 Å². The zero-order valence-corrected chi connectivity index (χ0v) is 19.2. The van der Waals surface area contributed by atoms with Gasteiger partial charge in [0.05, 0.1) is 17.7 Å². The number of thiazole rings is 1. The summed E-state index contributed by atoms with van der Waals surface area (Å²) >= 11 is 3.06. The van der Waals surface area contributed by atoms with Crippen LogP contribution in [-0.2, 0) is 23.1 Å². The maximum Gasteiger partial charge on any atom is 0.416 e. The molecule has 33 heavy (non-hydrogen) atoms. The van der Waals surface area contributed by atoms with E-state index >= 15 is 0 Å². The number of aryl methyl sites for hydroxylation is 2. The summed E-state index contributed by atoms with van der Waals surface area (Å²) in [5, 5.41) is 9.67. The van der Waals surface area contributed by atoms with E-state index in [9.17, 15) is 22.8 Å². The van der Waals surface area contributed by atoms with Crippen LogP contribution in [0.2, 0.25) is 0 Å². The Balaban J connectivity index is 1.45. The Bertz CT molecular complexity index is 1200. The largest absolute Gasteiger partial charge is 0.481 e. The first-order valence-corrected chi connectivity index (χ1v) is 12.1. The molecule has 1 unspecified atom stereocenters. The maximum absolute atomic E-state index is 12.8. The number of carbonyl (C=O) groups excluding carboxylic acids is 1. The molecule has 4 rings (SSSR count). The van der Waals surface area contributed by atoms with Crippen molar-refractivity contribution in [2.24, 2.45) is 5.92 Å². The van der Waals surface area contributed by atoms with Crippen molar-refractivity contribution in [3.63, 3.8) is 0 Å². The number of carboxylic acid groups (broad SMARTS) is 1. The summed E-state index contributed by atoms with van der Waals surface area (Å²) in [6.45, 7) is 1.88. The molecule has 0 saturated heterocycles. The molecule has 0 radical (unpaired) electrons. The monoisotopic (exact) mass is 491 g/mol. The summed E-state index contributed by atoms with van der Waals surface area (Å²) < 4.78 is 38.4. The molecule has 172 valence electrons. The van der Waals surface area contributed by atoms with Crippen LogP contribution in [0.5, 0.6) is 0 Å². The predicted octanol–water partition coefficient (Wildman–Crippen LogP) is 6.65. The molecule has 0 aliphatic heterocycles. The Kier molecular flexibility index (Phi) is 6.63. The van der Waals surface area contributed by atoms with E-state index in [1.54, 1.807) is 17.8 Å². The minimum atomic E-state index is -4.37. The molecule has 1 N–H and O–H groups in total. The average molecular weight is 492 g/mol. The van der Waals surface area contributed by atoms with Crippen LogP contribution in [0.4, 0.5) is 13.2 Å². The minimum Gasteiger partial charge on any atom is -0.481 e. The van der Waals surface area contributed by atoms with Gasteiger partial charge in [-0.1, -0.05) is 18.2 Å². The summed E-state index contributed by atoms with van der Waals surface area (Å²) in [5.41, 5.74) is 2.35. The van der Waals surface area contributed by atoms with Crippen LogP contribution in [0.3, 0.4) is 0 Å². The Labute approximate surface area is 196 Å². The second kappa shape index (κ2) is 9.30. The van der Waals surface area contributed by atoms with Gasteiger partial charge in [-0.15, -0.1) is 23.1 Å². The van der Waals surface area contributed by atoms with E-state index in [0.29, 0.717) is 34.7 Å². The Morgan fingerprint density at radius 1 is 1.21 bits per heavy atom. The summed E-state index contributed by atoms with van der Waals surface area (Å²) in [4.78, 5) is 30.1. The fourth-order valence-electron chi connectivity index (χ4n) is 3.83. The molecule has 2 aromatic carbocycles. The zero-order chi connectivity index (χ0) is 23.8. The van der Waals surface area contributed by atoms with E-state index in [-0.39, 0.29) is 12.2 Å². The summed E-state index contributed by atoms with van der Waals surface area (Å²) in [7, 11) is 0. The van der Waals surface area contributed by atoms with Crippen LogP contribution in [0, 0.1) is 12.8 Å². The Hall–Kier alpha value is -2.65. The van der Waals surface area contributed by atoms with E-state index in [0.717, 1.165) is 33.2 Å². The van der Waals surface area contributed by atoms with Gasteiger partial charge in [0.1, 0.15) is 5.01 Å². The molecule has 0 fully saturated rings. The number of carboxylic acids is 1. The third-order valence-electron chi connectivity index (χ3n) is 5.62. The number of thioether (sulfide) groups is 1. The number of halogens is 3. The second-order valence-electron chi connectivity index (χ2n) is 7.91. The molecule has 1 aliphatic rings. The fourth-order valence-corrected chi connectivity index (χ4v) is 6.00. The van der Waals surface area contributed by atoms with Gasteiger partial charge in [-0.2, -0.15) is 13.2 Å². The smallest absolute Gasteiger partial charge is 0.416 e. The summed E-state index contributed by atoms with van der Waals surface area (Å²) in [6.07, 6.45) is -3.29. The molecular formula is C24H20F3NO3S2. The van der Waals surface area contributed by atoms with Crippen LogP contribution in [0.1, 0.15) is 44.9 Å². The number of fused-ring (bicyclic) bond motifs is 1. The van der Waals surface area contributed by atoms with Crippen molar-refractivity contribution in [3.8, 4) is 10.6 Å². The normalized spacial score (nSPS) is 16.0. The molecule has 4 nitrogen and oxygen atoms in total. The van der Waals surface area contributed by atoms with Crippen molar-refractivity contribution in [1.82, 2.24) is 4.98 Å². The highest BCUT2D eigenvalue weighted by Gasteiger charge is 2.30. The zero-order valence-electron chi connectivity index (χ0n) is 17.6. The van der Waals surface area contributed by atoms with Gasteiger partial charge in [-0.25, -0.2) is 4.98 Å². The number of carbonyl (C=O) groups is 2. The van der Waals surface area contributed by atoms with Gasteiger partial charge < -0.3 is 5.11 Å². The molecule has 9 heteroatoms. The molecule has 0 spiro atoms. The summed E-state index contributed by atoms with van der Waals surface area (Å²) in [5.74, 6) is -0.871. The minimum absolute atomic E-state index is 0.102. The third-order valence-corrected chi connectivity index (χ3v) is 8.03. The highest BCUT2D eigenvalue weighted by Crippen LogP contribution is 2.36. The number of alkyl halides is 3. The molecule has 0 bridgehead atoms. The van der Waals surface area contributed by atoms with Gasteiger partial charge in [0, 0.05) is 32.6 Å². The molecule has 1 aromatic heterocycles. The molecule has 1 heterocycles. The van der Waals surface area contributed by atoms with E-state index in [1.807, 2.05) is 19.1 Å². The van der Waals surface area contributed by atoms with Crippen LogP contribution >= 0.6 is 23.1 Å². The van der Waals surface area contributed by atoms with Crippen LogP contribution in [0.25, 0.3) is 10.6 Å². The predicted molar refractivity (Wildman–Crippen MR) is 122 cm³/mol. The Morgan fingerprint density at radius 3 is 2.61 bits per heavy atom. The molecule has 0 amide bonds. The second-order valence-corrected chi connectivity index (χ2v) is 10.0. The quantitative estimate of drug-likeness (QED) is 0.391. The first kappa shape index (κ1) is 23.5. The number of aromatic nitrogens is 1. The van der Waals surface area contributed by atoms with Crippen molar-refractivity contribution in [2.75, 3.05) is 0 Å². The van der Waals surface area contributed by atoms with E-state index in [4.69, 9.17) is 5.11 Å². The molecule has 0 saturated carbocycles. The van der Waals surface area contributed by atoms with E-state index < -0.39 is 23.6 Å². The van der Waals surface area contributed by atoms with Gasteiger partial charge in [0.2, 0.25) is 0 Å². The van der Waals surface area contributed by atoms with Crippen molar-refractivity contribution in [3.05, 3.63) is 69.7 Å². The number of nitrogens with zero attached hydrogens (tertiary/aromatic N) is 1. The number of hydrogen-bond donors (Lipinski definition) is 1. The van der Waals surface area contributed by atoms with Gasteiger partial charge in [-0.3, -0.25) is 9.59 Å². The molecular weight excluding hydrogens is 471 g/mol. The SMILES string of the molecule is Cc1nc(-c2ccc(C(F)(F)F)cc2)sc1CSc1ccc2c(c1)CCC(CC(=O)O)C2=O. The van der Waals surface area contributed by atoms with Gasteiger partial charge in [-0.05, 0) is 49.6 Å². The topological polar surface area (TPSA) is 67.3 Å². The van der Waals surface area contributed by atoms with Crippen molar-refractivity contribution >= 4 is 34.9 Å². The fraction of sp³-hybridized carbons (Fsp3) is 0.292. The number of aliphatic carboxylic acids is 1. The third kappa shape index (κ3) is 5.30. The number of benzene rings is 2. The number of ketones is 1. The van der Waals surface area contributed by atoms with Crippen LogP contribution in [-0.4, -0.2) is 21.8 Å². The average Bonchev–Trinajstić information content (AvgIpc) is 3.14. The standard InChI is InChI=1S/C24H20F3NO3S2/c1-13-20(33-23(28-13)14-4-6-17(7-5-14)24(25,26)27)12-32-18-8-9-19-15(10-18)2-3-16(22(19)31)11-21(29)30/h4-10,16H,2-3,11-12H2,1H3,(H,29,30). The molecule has 1 atom stereocenters. The van der Waals surface area contributed by atoms with Crippen molar-refractivity contribution in [1.29, 1.82) is 0 Å². The number of rotatable bonds is 6. The van der Waals surface area contributed by atoms with Gasteiger partial charge >= 0.3 is 12.1 Å². The lowest BCUT2D eigenvalue weighted by Gasteiger charge is -2.22. The lowest BCUT2D eigenvalue weighted by atomic mass is 9.81. The van der Waals surface area contributed by atoms with E-state index in [2.05, 4.69) is 4.98 Å². The summed E-state index contributed by atoms with van der Waals surface area (Å²) in [6, 6.07) is 10.7. The first-order chi connectivity index (χ1) is 15.6.